The van der Waals surface area contributed by atoms with Crippen molar-refractivity contribution in [2.45, 2.75) is 52.0 Å². The molecular formula is C17H24N2O. The molecule has 1 aromatic rings. The summed E-state index contributed by atoms with van der Waals surface area (Å²) >= 11 is 0. The first kappa shape index (κ1) is 14.7. The van der Waals surface area contributed by atoms with Crippen LogP contribution in [-0.2, 0) is 0 Å². The van der Waals surface area contributed by atoms with Gasteiger partial charge in [0, 0.05) is 23.8 Å². The number of nitriles is 1. The Morgan fingerprint density at radius 3 is 2.70 bits per heavy atom. The third-order valence-corrected chi connectivity index (χ3v) is 4.27. The molecule has 1 heterocycles. The van der Waals surface area contributed by atoms with Crippen LogP contribution in [0.15, 0.2) is 12.1 Å². The van der Waals surface area contributed by atoms with E-state index in [1.807, 2.05) is 12.1 Å². The van der Waals surface area contributed by atoms with Gasteiger partial charge in [0.25, 0.3) is 0 Å². The second-order valence-electron chi connectivity index (χ2n) is 6.29. The second-order valence-corrected chi connectivity index (χ2v) is 6.29. The van der Waals surface area contributed by atoms with E-state index in [1.165, 1.54) is 11.3 Å². The molecule has 0 aromatic heterocycles. The molecule has 1 aromatic carbocycles. The summed E-state index contributed by atoms with van der Waals surface area (Å²) in [4.78, 5) is 2.46. The van der Waals surface area contributed by atoms with Crippen LogP contribution in [0.25, 0.3) is 0 Å². The summed E-state index contributed by atoms with van der Waals surface area (Å²) < 4.78 is 5.38. The minimum absolute atomic E-state index is 0.140. The summed E-state index contributed by atoms with van der Waals surface area (Å²) in [7, 11) is 1.63. The molecule has 0 amide bonds. The molecule has 3 nitrogen and oxygen atoms in total. The van der Waals surface area contributed by atoms with Gasteiger partial charge >= 0.3 is 0 Å². The summed E-state index contributed by atoms with van der Waals surface area (Å²) in [5.41, 5.74) is 3.28. The van der Waals surface area contributed by atoms with Crippen LogP contribution in [-0.4, -0.2) is 19.2 Å². The predicted molar refractivity (Wildman–Crippen MR) is 82.5 cm³/mol. The maximum Gasteiger partial charge on any atom is 0.138 e. The molecule has 0 saturated heterocycles. The number of fused-ring (bicyclic) bond motifs is 1. The first-order chi connectivity index (χ1) is 9.44. The molecule has 1 atom stereocenters. The predicted octanol–water partition coefficient (Wildman–Crippen LogP) is 4.07. The van der Waals surface area contributed by atoms with Gasteiger partial charge in [0.05, 0.1) is 12.7 Å². The fourth-order valence-electron chi connectivity index (χ4n) is 3.41. The molecule has 0 fully saturated rings. The SMILES string of the molecule is CCCN1c2cc(OC)c(C#N)cc2[C@H](C)CC1(C)C. The molecule has 0 bridgehead atoms. The lowest BCUT2D eigenvalue weighted by Crippen LogP contribution is -2.48. The molecule has 0 radical (unpaired) electrons. The minimum Gasteiger partial charge on any atom is -0.495 e. The van der Waals surface area contributed by atoms with E-state index in [1.54, 1.807) is 7.11 Å². The average molecular weight is 272 g/mol. The Morgan fingerprint density at radius 2 is 2.15 bits per heavy atom. The lowest BCUT2D eigenvalue weighted by atomic mass is 9.79. The summed E-state index contributed by atoms with van der Waals surface area (Å²) in [5.74, 6) is 1.14. The zero-order chi connectivity index (χ0) is 14.9. The van der Waals surface area contributed by atoms with Gasteiger partial charge in [-0.15, -0.1) is 0 Å². The molecule has 3 heteroatoms. The minimum atomic E-state index is 0.140. The van der Waals surface area contributed by atoms with Crippen molar-refractivity contribution < 1.29 is 4.74 Å². The Kier molecular flexibility index (Phi) is 3.94. The number of ether oxygens (including phenoxy) is 1. The highest BCUT2D eigenvalue weighted by Gasteiger charge is 2.36. The van der Waals surface area contributed by atoms with Gasteiger partial charge in [0.15, 0.2) is 0 Å². The highest BCUT2D eigenvalue weighted by molar-refractivity contribution is 5.66. The quantitative estimate of drug-likeness (QED) is 0.832. The van der Waals surface area contributed by atoms with Crippen molar-refractivity contribution in [2.24, 2.45) is 0 Å². The van der Waals surface area contributed by atoms with Crippen molar-refractivity contribution in [3.8, 4) is 11.8 Å². The number of hydrogen-bond acceptors (Lipinski definition) is 3. The van der Waals surface area contributed by atoms with Crippen molar-refractivity contribution in [1.29, 1.82) is 5.26 Å². The van der Waals surface area contributed by atoms with E-state index in [0.717, 1.165) is 19.4 Å². The van der Waals surface area contributed by atoms with Crippen LogP contribution >= 0.6 is 0 Å². The summed E-state index contributed by atoms with van der Waals surface area (Å²) in [6.07, 6.45) is 2.22. The van der Waals surface area contributed by atoms with Gasteiger partial charge in [-0.3, -0.25) is 0 Å². The molecule has 1 aliphatic rings. The lowest BCUT2D eigenvalue weighted by Gasteiger charge is -2.47. The van der Waals surface area contributed by atoms with Crippen LogP contribution in [0.2, 0.25) is 0 Å². The van der Waals surface area contributed by atoms with E-state index < -0.39 is 0 Å². The first-order valence-corrected chi connectivity index (χ1v) is 7.34. The highest BCUT2D eigenvalue weighted by atomic mass is 16.5. The standard InChI is InChI=1S/C17H24N2O/c1-6-7-19-15-9-16(20-5)13(11-18)8-14(15)12(2)10-17(19,3)4/h8-9,12H,6-7,10H2,1-5H3/t12-/m1/s1. The maximum absolute atomic E-state index is 9.27. The molecule has 20 heavy (non-hydrogen) atoms. The van der Waals surface area contributed by atoms with E-state index >= 15 is 0 Å². The van der Waals surface area contributed by atoms with Crippen LogP contribution in [0, 0.1) is 11.3 Å². The van der Waals surface area contributed by atoms with Crippen molar-refractivity contribution >= 4 is 5.69 Å². The Labute approximate surface area is 122 Å². The van der Waals surface area contributed by atoms with Crippen LogP contribution in [0.3, 0.4) is 0 Å². The van der Waals surface area contributed by atoms with Crippen LogP contribution in [0.4, 0.5) is 5.69 Å². The van der Waals surface area contributed by atoms with Gasteiger partial charge < -0.3 is 9.64 Å². The zero-order valence-electron chi connectivity index (χ0n) is 13.2. The van der Waals surface area contributed by atoms with Crippen LogP contribution < -0.4 is 9.64 Å². The fourth-order valence-corrected chi connectivity index (χ4v) is 3.41. The monoisotopic (exact) mass is 272 g/mol. The second kappa shape index (κ2) is 5.36. The van der Waals surface area contributed by atoms with Gasteiger partial charge in [0.2, 0.25) is 0 Å². The van der Waals surface area contributed by atoms with E-state index in [9.17, 15) is 5.26 Å². The van der Waals surface area contributed by atoms with Gasteiger partial charge in [-0.1, -0.05) is 13.8 Å². The number of anilines is 1. The van der Waals surface area contributed by atoms with E-state index in [-0.39, 0.29) is 5.54 Å². The van der Waals surface area contributed by atoms with Crippen LogP contribution in [0.1, 0.15) is 57.6 Å². The Balaban J connectivity index is 2.61. The molecular weight excluding hydrogens is 248 g/mol. The highest BCUT2D eigenvalue weighted by Crippen LogP contribution is 2.45. The molecule has 0 saturated carbocycles. The molecule has 0 spiro atoms. The number of methoxy groups -OCH3 is 1. The molecule has 2 rings (SSSR count). The van der Waals surface area contributed by atoms with E-state index in [4.69, 9.17) is 4.74 Å². The zero-order valence-corrected chi connectivity index (χ0v) is 13.2. The smallest absolute Gasteiger partial charge is 0.138 e. The third-order valence-electron chi connectivity index (χ3n) is 4.27. The Morgan fingerprint density at radius 1 is 1.45 bits per heavy atom. The van der Waals surface area contributed by atoms with Gasteiger partial charge in [-0.2, -0.15) is 5.26 Å². The molecule has 0 unspecified atom stereocenters. The van der Waals surface area contributed by atoms with E-state index in [0.29, 0.717) is 17.2 Å². The molecule has 0 N–H and O–H groups in total. The number of nitrogens with zero attached hydrogens (tertiary/aromatic N) is 2. The Hall–Kier alpha value is -1.69. The number of benzene rings is 1. The van der Waals surface area contributed by atoms with Gasteiger partial charge in [-0.25, -0.2) is 0 Å². The van der Waals surface area contributed by atoms with E-state index in [2.05, 4.69) is 38.7 Å². The van der Waals surface area contributed by atoms with Crippen LogP contribution in [0.5, 0.6) is 5.75 Å². The average Bonchev–Trinajstić information content (AvgIpc) is 2.41. The van der Waals surface area contributed by atoms with Gasteiger partial charge in [0.1, 0.15) is 11.8 Å². The Bertz CT molecular complexity index is 543. The topological polar surface area (TPSA) is 36.3 Å². The summed E-state index contributed by atoms with van der Waals surface area (Å²) in [5, 5.41) is 9.27. The number of rotatable bonds is 3. The maximum atomic E-state index is 9.27. The fraction of sp³-hybridized carbons (Fsp3) is 0.588. The normalized spacial score (nSPS) is 20.2. The van der Waals surface area contributed by atoms with Crippen molar-refractivity contribution in [3.63, 3.8) is 0 Å². The number of hydrogen-bond donors (Lipinski definition) is 0. The summed E-state index contributed by atoms with van der Waals surface area (Å²) in [6.45, 7) is 10.1. The molecule has 108 valence electrons. The van der Waals surface area contributed by atoms with Crippen molar-refractivity contribution in [2.75, 3.05) is 18.6 Å². The lowest BCUT2D eigenvalue weighted by molar-refractivity contribution is 0.372. The first-order valence-electron chi connectivity index (χ1n) is 7.34. The molecule has 1 aliphatic heterocycles. The van der Waals surface area contributed by atoms with Crippen molar-refractivity contribution in [3.05, 3.63) is 23.3 Å². The molecule has 0 aliphatic carbocycles. The largest absolute Gasteiger partial charge is 0.495 e. The third kappa shape index (κ3) is 2.35. The van der Waals surface area contributed by atoms with Gasteiger partial charge in [-0.05, 0) is 44.2 Å². The van der Waals surface area contributed by atoms with Crippen molar-refractivity contribution in [1.82, 2.24) is 0 Å². The summed E-state index contributed by atoms with van der Waals surface area (Å²) in [6, 6.07) is 6.29.